The number of hydrogen-bond donors (Lipinski definition) is 3. The van der Waals surface area contributed by atoms with E-state index in [4.69, 9.17) is 11.1 Å². The molecule has 7 nitrogen and oxygen atoms in total. The summed E-state index contributed by atoms with van der Waals surface area (Å²) in [6.45, 7) is 2.85. The van der Waals surface area contributed by atoms with E-state index < -0.39 is 5.92 Å². The Morgan fingerprint density at radius 2 is 1.98 bits per heavy atom. The normalized spacial score (nSPS) is 18.9. The lowest BCUT2D eigenvalue weighted by molar-refractivity contribution is 0.0114. The highest BCUT2D eigenvalue weighted by atomic mass is 19.3. The first-order valence-corrected chi connectivity index (χ1v) is 13.7. The van der Waals surface area contributed by atoms with Gasteiger partial charge in [0.05, 0.1) is 23.8 Å². The largest absolute Gasteiger partial charge is 0.383 e. The van der Waals surface area contributed by atoms with Gasteiger partial charge in [-0.25, -0.2) is 23.1 Å². The number of likely N-dealkylation sites (tertiary alicyclic amines) is 1. The third kappa shape index (κ3) is 5.52. The van der Waals surface area contributed by atoms with Crippen molar-refractivity contribution in [3.63, 3.8) is 0 Å². The number of fused-ring (bicyclic) bond motifs is 1. The highest BCUT2D eigenvalue weighted by molar-refractivity contribution is 6.13. The number of aromatic amines is 1. The van der Waals surface area contributed by atoms with E-state index >= 15 is 0 Å². The Balaban J connectivity index is 1.29. The summed E-state index contributed by atoms with van der Waals surface area (Å²) >= 11 is 0. The predicted octanol–water partition coefficient (Wildman–Crippen LogP) is 6.24. The Morgan fingerprint density at radius 1 is 1.17 bits per heavy atom. The molecule has 1 aromatic carbocycles. The minimum Gasteiger partial charge on any atom is -0.383 e. The second kappa shape index (κ2) is 10.6. The number of pyridine rings is 2. The molecule has 4 aromatic rings. The number of aromatic nitrogens is 4. The van der Waals surface area contributed by atoms with Crippen molar-refractivity contribution >= 4 is 28.1 Å². The number of anilines is 1. The van der Waals surface area contributed by atoms with Gasteiger partial charge in [0.25, 0.3) is 5.92 Å². The zero-order valence-corrected chi connectivity index (χ0v) is 22.6. The smallest absolute Gasteiger partial charge is 0.261 e. The first-order valence-electron chi connectivity index (χ1n) is 13.7. The summed E-state index contributed by atoms with van der Waals surface area (Å²) in [5.41, 5.74) is 12.5. The van der Waals surface area contributed by atoms with Gasteiger partial charge in [-0.2, -0.15) is 0 Å². The molecule has 0 amide bonds. The molecule has 0 radical (unpaired) electrons. The average Bonchev–Trinajstić information content (AvgIpc) is 3.55. The third-order valence-electron chi connectivity index (χ3n) is 7.79. The number of benzene rings is 1. The molecule has 0 bridgehead atoms. The Bertz CT molecular complexity index is 1690. The van der Waals surface area contributed by atoms with E-state index in [1.54, 1.807) is 30.7 Å². The van der Waals surface area contributed by atoms with Crippen LogP contribution >= 0.6 is 0 Å². The summed E-state index contributed by atoms with van der Waals surface area (Å²) < 4.78 is 41.1. The molecular weight excluding hydrogens is 527 g/mol. The summed E-state index contributed by atoms with van der Waals surface area (Å²) in [6, 6.07) is 7.94. The molecule has 41 heavy (non-hydrogen) atoms. The minimum atomic E-state index is -2.62. The van der Waals surface area contributed by atoms with E-state index in [2.05, 4.69) is 39.0 Å². The first kappa shape index (κ1) is 26.9. The van der Waals surface area contributed by atoms with E-state index in [0.717, 1.165) is 28.7 Å². The molecule has 3 aromatic heterocycles. The number of hydrogen-bond acceptors (Lipinski definition) is 6. The van der Waals surface area contributed by atoms with Crippen molar-refractivity contribution < 1.29 is 13.2 Å². The number of rotatable bonds is 7. The van der Waals surface area contributed by atoms with Gasteiger partial charge in [0.2, 0.25) is 0 Å². The standard InChI is InChI=1S/C31H30F3N7/c1-2-18-9-19(16-41-8-7-31(33,34)17-41)11-21(10-18)22-12-24(29(36)38-13-22)27(35)30-39-26-15-37-14-25(28(26)40-30)20-3-5-23(32)6-4-20/h3-6,9-10,12-15,19,35H,2,7-8,11,16-17H2,1H3,(H2,36,38)(H,39,40). The molecule has 1 aliphatic heterocycles. The van der Waals surface area contributed by atoms with E-state index in [9.17, 15) is 13.2 Å². The molecule has 2 aliphatic rings. The van der Waals surface area contributed by atoms with Crippen molar-refractivity contribution in [1.82, 2.24) is 24.8 Å². The van der Waals surface area contributed by atoms with Crippen LogP contribution in [-0.2, 0) is 0 Å². The van der Waals surface area contributed by atoms with Gasteiger partial charge in [-0.1, -0.05) is 36.8 Å². The summed E-state index contributed by atoms with van der Waals surface area (Å²) in [6.07, 6.45) is 10.7. The lowest BCUT2D eigenvalue weighted by Crippen LogP contribution is -2.30. The van der Waals surface area contributed by atoms with Gasteiger partial charge in [0.15, 0.2) is 5.82 Å². The van der Waals surface area contributed by atoms with Crippen LogP contribution < -0.4 is 5.73 Å². The second-order valence-electron chi connectivity index (χ2n) is 10.8. The summed E-state index contributed by atoms with van der Waals surface area (Å²) in [4.78, 5) is 18.4. The van der Waals surface area contributed by atoms with Gasteiger partial charge in [-0.15, -0.1) is 0 Å². The van der Waals surface area contributed by atoms with Crippen LogP contribution in [0.15, 0.2) is 66.6 Å². The fourth-order valence-electron chi connectivity index (χ4n) is 5.68. The SMILES string of the molecule is CCC1=CC(CN2CCC(F)(F)C2)CC(c2cnc(N)c(C(=N)c3nc4c(-c5ccc(F)cc5)cncc4[nH]3)c2)=C1. The zero-order chi connectivity index (χ0) is 28.7. The molecular formula is C31H30F3N7. The van der Waals surface area contributed by atoms with Crippen LogP contribution in [0.3, 0.4) is 0 Å². The molecule has 1 saturated heterocycles. The van der Waals surface area contributed by atoms with E-state index in [1.165, 1.54) is 12.1 Å². The van der Waals surface area contributed by atoms with E-state index in [0.29, 0.717) is 47.5 Å². The number of nitrogens with one attached hydrogen (secondary N) is 2. The topological polar surface area (TPSA) is 108 Å². The zero-order valence-electron chi connectivity index (χ0n) is 22.6. The number of nitrogens with two attached hydrogens (primary N) is 1. The van der Waals surface area contributed by atoms with Gasteiger partial charge >= 0.3 is 0 Å². The van der Waals surface area contributed by atoms with Gasteiger partial charge in [-0.3, -0.25) is 15.3 Å². The minimum absolute atomic E-state index is 0.0802. The van der Waals surface area contributed by atoms with Crippen LogP contribution in [0.25, 0.3) is 27.7 Å². The van der Waals surface area contributed by atoms with Crippen LogP contribution in [-0.4, -0.2) is 56.1 Å². The number of H-pyrrole nitrogens is 1. The monoisotopic (exact) mass is 557 g/mol. The number of nitrogen functional groups attached to an aromatic ring is 1. The van der Waals surface area contributed by atoms with Crippen LogP contribution in [0.4, 0.5) is 19.0 Å². The molecule has 4 N–H and O–H groups in total. The van der Waals surface area contributed by atoms with Gasteiger partial charge < -0.3 is 10.7 Å². The molecule has 210 valence electrons. The van der Waals surface area contributed by atoms with Crippen molar-refractivity contribution in [3.05, 3.63) is 89.4 Å². The van der Waals surface area contributed by atoms with Gasteiger partial charge in [-0.05, 0) is 53.7 Å². The molecule has 10 heteroatoms. The van der Waals surface area contributed by atoms with Gasteiger partial charge in [0.1, 0.15) is 17.3 Å². The molecule has 4 heterocycles. The van der Waals surface area contributed by atoms with Crippen LogP contribution in [0.5, 0.6) is 0 Å². The lowest BCUT2D eigenvalue weighted by Gasteiger charge is -2.26. The van der Waals surface area contributed by atoms with Crippen molar-refractivity contribution in [3.8, 4) is 11.1 Å². The third-order valence-corrected chi connectivity index (χ3v) is 7.79. The van der Waals surface area contributed by atoms with Crippen molar-refractivity contribution in [2.75, 3.05) is 25.4 Å². The molecule has 0 spiro atoms. The van der Waals surface area contributed by atoms with Crippen molar-refractivity contribution in [1.29, 1.82) is 5.41 Å². The Kier molecular flexibility index (Phi) is 6.94. The molecule has 1 fully saturated rings. The number of alkyl halides is 2. The van der Waals surface area contributed by atoms with Crippen LogP contribution in [0, 0.1) is 17.1 Å². The summed E-state index contributed by atoms with van der Waals surface area (Å²) in [5, 5.41) is 8.97. The fraction of sp³-hybridized carbons (Fsp3) is 0.290. The highest BCUT2D eigenvalue weighted by Gasteiger charge is 2.38. The van der Waals surface area contributed by atoms with Gasteiger partial charge in [0, 0.05) is 43.0 Å². The maximum Gasteiger partial charge on any atom is 0.261 e. The number of halogens is 3. The Hall–Kier alpha value is -4.31. The summed E-state index contributed by atoms with van der Waals surface area (Å²) in [7, 11) is 0. The van der Waals surface area contributed by atoms with E-state index in [1.807, 2.05) is 11.0 Å². The molecule has 0 saturated carbocycles. The first-order chi connectivity index (χ1) is 19.7. The van der Waals surface area contributed by atoms with Crippen molar-refractivity contribution in [2.24, 2.45) is 5.92 Å². The molecule has 1 aliphatic carbocycles. The lowest BCUT2D eigenvalue weighted by atomic mass is 9.85. The Labute approximate surface area is 235 Å². The summed E-state index contributed by atoms with van der Waals surface area (Å²) in [5.74, 6) is -2.34. The van der Waals surface area contributed by atoms with Crippen molar-refractivity contribution in [2.45, 2.75) is 32.1 Å². The number of allylic oxidation sites excluding steroid dienone is 3. The number of nitrogens with zero attached hydrogens (tertiary/aromatic N) is 4. The average molecular weight is 558 g/mol. The molecule has 6 rings (SSSR count). The predicted molar refractivity (Wildman–Crippen MR) is 154 cm³/mol. The maximum atomic E-state index is 13.8. The highest BCUT2D eigenvalue weighted by Crippen LogP contribution is 2.35. The fourth-order valence-corrected chi connectivity index (χ4v) is 5.68. The molecule has 1 unspecified atom stereocenters. The Morgan fingerprint density at radius 3 is 2.71 bits per heavy atom. The quantitative estimate of drug-likeness (QED) is 0.233. The van der Waals surface area contributed by atoms with Crippen LogP contribution in [0.2, 0.25) is 0 Å². The van der Waals surface area contributed by atoms with Crippen LogP contribution in [0.1, 0.15) is 43.1 Å². The van der Waals surface area contributed by atoms with E-state index in [-0.39, 0.29) is 36.2 Å². The maximum absolute atomic E-state index is 13.8. The molecule has 1 atom stereocenters. The second-order valence-corrected chi connectivity index (χ2v) is 10.8. The number of imidazole rings is 1.